The largest absolute Gasteiger partial charge is 0.456 e. The van der Waals surface area contributed by atoms with Crippen LogP contribution in [0.2, 0.25) is 0 Å². The fraction of sp³-hybridized carbons (Fsp3) is 0.0185. The van der Waals surface area contributed by atoms with Gasteiger partial charge < -0.3 is 4.42 Å². The van der Waals surface area contributed by atoms with Gasteiger partial charge in [0.2, 0.25) is 0 Å². The Hall–Kier alpha value is -7.69. The zero-order chi connectivity index (χ0) is 38.0. The predicted molar refractivity (Wildman–Crippen MR) is 235 cm³/mol. The van der Waals surface area contributed by atoms with Crippen LogP contribution in [-0.2, 0) is 5.41 Å². The van der Waals surface area contributed by atoms with Gasteiger partial charge in [0.25, 0.3) is 0 Å². The predicted octanol–water partition coefficient (Wildman–Crippen LogP) is 13.4. The topological polar surface area (TPSA) is 51.8 Å². The lowest BCUT2D eigenvalue weighted by atomic mass is 9.70. The Morgan fingerprint density at radius 3 is 1.64 bits per heavy atom. The smallest absolute Gasteiger partial charge is 0.164 e. The zero-order valence-electron chi connectivity index (χ0n) is 31.1. The van der Waals surface area contributed by atoms with Gasteiger partial charge in [0.05, 0.1) is 5.41 Å². The summed E-state index contributed by atoms with van der Waals surface area (Å²) in [5.74, 6) is 1.84. The van der Waals surface area contributed by atoms with Gasteiger partial charge in [-0.15, -0.1) is 0 Å². The number of rotatable bonds is 4. The van der Waals surface area contributed by atoms with Gasteiger partial charge in [-0.05, 0) is 90.3 Å². The van der Waals surface area contributed by atoms with Crippen LogP contribution in [0.3, 0.4) is 0 Å². The lowest BCUT2D eigenvalue weighted by Gasteiger charge is -2.30. The number of benzene rings is 9. The van der Waals surface area contributed by atoms with E-state index >= 15 is 0 Å². The Morgan fingerprint density at radius 2 is 0.879 bits per heavy atom. The first-order valence-electron chi connectivity index (χ1n) is 19.8. The molecule has 0 radical (unpaired) electrons. The molecule has 2 aliphatic rings. The minimum absolute atomic E-state index is 0.362. The molecule has 0 amide bonds. The van der Waals surface area contributed by atoms with Crippen molar-refractivity contribution in [3.8, 4) is 56.4 Å². The quantitative estimate of drug-likeness (QED) is 0.169. The molecule has 0 atom stereocenters. The third-order valence-electron chi connectivity index (χ3n) is 12.5. The first kappa shape index (κ1) is 31.5. The lowest BCUT2D eigenvalue weighted by molar-refractivity contribution is 0.669. The Balaban J connectivity index is 0.923. The number of hydrogen-bond acceptors (Lipinski definition) is 4. The summed E-state index contributed by atoms with van der Waals surface area (Å²) in [5, 5.41) is 7.52. The van der Waals surface area contributed by atoms with Crippen LogP contribution in [0.4, 0.5) is 0 Å². The van der Waals surface area contributed by atoms with Crippen LogP contribution in [0, 0.1) is 0 Å². The van der Waals surface area contributed by atoms with E-state index in [1.54, 1.807) is 0 Å². The van der Waals surface area contributed by atoms with Crippen molar-refractivity contribution in [3.63, 3.8) is 0 Å². The molecule has 11 aromatic rings. The summed E-state index contributed by atoms with van der Waals surface area (Å²) in [7, 11) is 0. The summed E-state index contributed by atoms with van der Waals surface area (Å²) in [4.78, 5) is 15.1. The molecule has 2 heterocycles. The number of aromatic nitrogens is 3. The van der Waals surface area contributed by atoms with Gasteiger partial charge >= 0.3 is 0 Å². The van der Waals surface area contributed by atoms with Crippen molar-refractivity contribution in [3.05, 3.63) is 210 Å². The van der Waals surface area contributed by atoms with E-state index in [4.69, 9.17) is 19.4 Å². The van der Waals surface area contributed by atoms with E-state index in [-0.39, 0.29) is 5.41 Å². The Labute approximate surface area is 333 Å². The Bertz CT molecular complexity index is 3450. The average molecular weight is 738 g/mol. The molecule has 9 aromatic carbocycles. The van der Waals surface area contributed by atoms with E-state index in [1.165, 1.54) is 60.5 Å². The minimum atomic E-state index is -0.362. The molecular weight excluding hydrogens is 707 g/mol. The van der Waals surface area contributed by atoms with Crippen LogP contribution < -0.4 is 0 Å². The molecule has 13 rings (SSSR count). The summed E-state index contributed by atoms with van der Waals surface area (Å²) >= 11 is 0. The van der Waals surface area contributed by atoms with Gasteiger partial charge in [0.15, 0.2) is 17.5 Å². The van der Waals surface area contributed by atoms with E-state index in [9.17, 15) is 0 Å². The summed E-state index contributed by atoms with van der Waals surface area (Å²) < 4.78 is 6.24. The lowest BCUT2D eigenvalue weighted by Crippen LogP contribution is -2.26. The number of furan rings is 1. The van der Waals surface area contributed by atoms with Crippen LogP contribution in [0.5, 0.6) is 0 Å². The third-order valence-corrected chi connectivity index (χ3v) is 12.5. The highest BCUT2D eigenvalue weighted by atomic mass is 16.3. The first-order chi connectivity index (χ1) is 28.7. The van der Waals surface area contributed by atoms with Gasteiger partial charge in [0.1, 0.15) is 11.2 Å². The van der Waals surface area contributed by atoms with E-state index < -0.39 is 0 Å². The highest BCUT2D eigenvalue weighted by Crippen LogP contribution is 2.62. The van der Waals surface area contributed by atoms with Crippen LogP contribution in [0.25, 0.3) is 99.9 Å². The first-order valence-corrected chi connectivity index (χ1v) is 19.8. The van der Waals surface area contributed by atoms with E-state index in [0.29, 0.717) is 17.5 Å². The molecule has 0 fully saturated rings. The van der Waals surface area contributed by atoms with Crippen LogP contribution in [0.1, 0.15) is 22.3 Å². The Kier molecular flexibility index (Phi) is 6.34. The zero-order valence-corrected chi connectivity index (χ0v) is 31.1. The second-order valence-corrected chi connectivity index (χ2v) is 15.5. The standard InChI is InChI=1S/C54H31N3O/c1-2-10-35(11-3-1)51-55-52(57-53(56-51)38-26-28-41-40-15-5-7-19-47(40)58-48(41)31-38)36-24-20-32(21-25-36)37-27-29-44-42(30-37)39-14-4-6-16-43(39)54(44)45-17-8-12-33-22-23-34-13-9-18-46(54)50(34)49(33)45/h1-31H. The van der Waals surface area contributed by atoms with Gasteiger partial charge in [0, 0.05) is 27.5 Å². The third kappa shape index (κ3) is 4.26. The van der Waals surface area contributed by atoms with Crippen molar-refractivity contribution >= 4 is 43.5 Å². The SMILES string of the molecule is c1ccc(-c2nc(-c3ccc(-c4ccc5c(c4)-c4ccccc4C54c5cccc6ccc7cccc4c7c56)cc3)nc(-c3ccc4c(c3)oc3ccccc34)n2)cc1. The molecule has 2 aliphatic carbocycles. The maximum absolute atomic E-state index is 6.24. The van der Waals surface area contributed by atoms with Crippen LogP contribution >= 0.6 is 0 Å². The molecule has 0 bridgehead atoms. The van der Waals surface area contributed by atoms with Crippen LogP contribution in [-0.4, -0.2) is 15.0 Å². The summed E-state index contributed by atoms with van der Waals surface area (Å²) in [6.45, 7) is 0. The molecule has 2 aromatic heterocycles. The molecule has 0 unspecified atom stereocenters. The molecule has 268 valence electrons. The van der Waals surface area contributed by atoms with Gasteiger partial charge in [-0.3, -0.25) is 0 Å². The average Bonchev–Trinajstić information content (AvgIpc) is 3.93. The van der Waals surface area contributed by atoms with Crippen molar-refractivity contribution in [1.82, 2.24) is 15.0 Å². The maximum Gasteiger partial charge on any atom is 0.164 e. The van der Waals surface area contributed by atoms with E-state index in [1.807, 2.05) is 54.6 Å². The van der Waals surface area contributed by atoms with E-state index in [0.717, 1.165) is 44.2 Å². The molecule has 58 heavy (non-hydrogen) atoms. The molecule has 4 nitrogen and oxygen atoms in total. The molecule has 4 heteroatoms. The molecule has 0 saturated heterocycles. The van der Waals surface area contributed by atoms with Gasteiger partial charge in [-0.1, -0.05) is 164 Å². The number of para-hydroxylation sites is 1. The molecular formula is C54H31N3O. The van der Waals surface area contributed by atoms with Crippen molar-refractivity contribution < 1.29 is 4.42 Å². The van der Waals surface area contributed by atoms with Crippen molar-refractivity contribution in [1.29, 1.82) is 0 Å². The summed E-state index contributed by atoms with van der Waals surface area (Å²) in [5.41, 5.74) is 14.4. The second kappa shape index (κ2) is 11.7. The summed E-state index contributed by atoms with van der Waals surface area (Å²) in [6, 6.07) is 67.4. The molecule has 0 aliphatic heterocycles. The molecule has 1 spiro atoms. The van der Waals surface area contributed by atoms with Crippen LogP contribution in [0.15, 0.2) is 192 Å². The van der Waals surface area contributed by atoms with Gasteiger partial charge in [-0.25, -0.2) is 15.0 Å². The Morgan fingerprint density at radius 1 is 0.328 bits per heavy atom. The fourth-order valence-electron chi connectivity index (χ4n) is 10.00. The number of fused-ring (bicyclic) bond motifs is 10. The van der Waals surface area contributed by atoms with Gasteiger partial charge in [-0.2, -0.15) is 0 Å². The maximum atomic E-state index is 6.24. The highest BCUT2D eigenvalue weighted by Gasteiger charge is 2.50. The monoisotopic (exact) mass is 737 g/mol. The normalized spacial score (nSPS) is 13.3. The second-order valence-electron chi connectivity index (χ2n) is 15.5. The fourth-order valence-corrected chi connectivity index (χ4v) is 10.00. The molecule has 0 N–H and O–H groups in total. The highest BCUT2D eigenvalue weighted by molar-refractivity contribution is 6.17. The molecule has 0 saturated carbocycles. The van der Waals surface area contributed by atoms with E-state index in [2.05, 4.69) is 133 Å². The number of hydrogen-bond donors (Lipinski definition) is 0. The van der Waals surface area contributed by atoms with Crippen molar-refractivity contribution in [2.24, 2.45) is 0 Å². The minimum Gasteiger partial charge on any atom is -0.456 e. The number of nitrogens with zero attached hydrogens (tertiary/aromatic N) is 3. The summed E-state index contributed by atoms with van der Waals surface area (Å²) in [6.07, 6.45) is 0. The van der Waals surface area contributed by atoms with Crippen molar-refractivity contribution in [2.75, 3.05) is 0 Å². The van der Waals surface area contributed by atoms with Crippen molar-refractivity contribution in [2.45, 2.75) is 5.41 Å².